The number of rotatable bonds is 3. The second-order valence-electron chi connectivity index (χ2n) is 4.43. The highest BCUT2D eigenvalue weighted by molar-refractivity contribution is 8.02. The van der Waals surface area contributed by atoms with Crippen molar-refractivity contribution in [3.8, 4) is 0 Å². The smallest absolute Gasteiger partial charge is 0.349 e. The number of allylic oxidation sites excluding steroid dienone is 1. The van der Waals surface area contributed by atoms with Gasteiger partial charge in [-0.1, -0.05) is 13.8 Å². The minimum atomic E-state index is -1.17. The summed E-state index contributed by atoms with van der Waals surface area (Å²) in [5, 5.41) is 0. The van der Waals surface area contributed by atoms with Crippen LogP contribution in [0.5, 0.6) is 0 Å². The molecule has 0 aliphatic carbocycles. The summed E-state index contributed by atoms with van der Waals surface area (Å²) < 4.78 is 10.2. The van der Waals surface area contributed by atoms with Gasteiger partial charge in [-0.15, -0.1) is 11.8 Å². The Hall–Kier alpha value is -0.970. The molecular formula is C12H18O4S. The van der Waals surface area contributed by atoms with Gasteiger partial charge >= 0.3 is 11.9 Å². The molecule has 17 heavy (non-hydrogen) atoms. The quantitative estimate of drug-likeness (QED) is 0.442. The van der Waals surface area contributed by atoms with Crippen molar-refractivity contribution in [2.45, 2.75) is 39.9 Å². The summed E-state index contributed by atoms with van der Waals surface area (Å²) in [5.74, 6) is -2.20. The van der Waals surface area contributed by atoms with Crippen molar-refractivity contribution < 1.29 is 19.1 Å². The molecule has 1 heterocycles. The highest BCUT2D eigenvalue weighted by Crippen LogP contribution is 2.33. The molecule has 0 bridgehead atoms. The zero-order chi connectivity index (χ0) is 13.2. The zero-order valence-electron chi connectivity index (χ0n) is 10.8. The summed E-state index contributed by atoms with van der Waals surface area (Å²) >= 11 is 1.39. The fourth-order valence-corrected chi connectivity index (χ4v) is 2.53. The fraction of sp³-hybridized carbons (Fsp3) is 0.667. The number of thioether (sulfide) groups is 1. The molecule has 1 aliphatic rings. The van der Waals surface area contributed by atoms with Crippen LogP contribution >= 0.6 is 11.8 Å². The lowest BCUT2D eigenvalue weighted by Gasteiger charge is -2.31. The fourth-order valence-electron chi connectivity index (χ4n) is 1.59. The Morgan fingerprint density at radius 1 is 1.29 bits per heavy atom. The van der Waals surface area contributed by atoms with Crippen LogP contribution in [0, 0.1) is 5.92 Å². The van der Waals surface area contributed by atoms with E-state index in [0.29, 0.717) is 0 Å². The van der Waals surface area contributed by atoms with Gasteiger partial charge in [0, 0.05) is 18.8 Å². The third kappa shape index (κ3) is 3.03. The van der Waals surface area contributed by atoms with Crippen molar-refractivity contribution in [3.05, 3.63) is 10.5 Å². The molecule has 1 unspecified atom stereocenters. The largest absolute Gasteiger partial charge is 0.419 e. The van der Waals surface area contributed by atoms with E-state index in [0.717, 1.165) is 11.3 Å². The third-order valence-electron chi connectivity index (χ3n) is 2.61. The monoisotopic (exact) mass is 258 g/mol. The van der Waals surface area contributed by atoms with Crippen LogP contribution in [-0.2, 0) is 19.1 Å². The minimum Gasteiger partial charge on any atom is -0.419 e. The van der Waals surface area contributed by atoms with Crippen molar-refractivity contribution in [2.24, 2.45) is 5.92 Å². The lowest BCUT2D eigenvalue weighted by molar-refractivity contribution is -0.222. The van der Waals surface area contributed by atoms with E-state index < -0.39 is 17.7 Å². The summed E-state index contributed by atoms with van der Waals surface area (Å²) in [6.07, 6.45) is 2.69. The van der Waals surface area contributed by atoms with Crippen LogP contribution in [0.15, 0.2) is 10.5 Å². The molecule has 0 aromatic heterocycles. The number of esters is 2. The normalized spacial score (nSPS) is 20.6. The summed E-state index contributed by atoms with van der Waals surface area (Å²) in [7, 11) is 0. The molecule has 96 valence electrons. The molecule has 0 aromatic carbocycles. The Morgan fingerprint density at radius 2 is 1.76 bits per heavy atom. The summed E-state index contributed by atoms with van der Waals surface area (Å²) in [6.45, 7) is 7.06. The van der Waals surface area contributed by atoms with Crippen LogP contribution in [0.4, 0.5) is 0 Å². The molecule has 1 aliphatic heterocycles. The molecule has 1 rings (SSSR count). The zero-order valence-corrected chi connectivity index (χ0v) is 11.6. The number of carbonyl (C=O) groups is 2. The van der Waals surface area contributed by atoms with E-state index in [-0.39, 0.29) is 11.5 Å². The molecule has 0 amide bonds. The Labute approximate surface area is 106 Å². The summed E-state index contributed by atoms with van der Waals surface area (Å²) in [6, 6.07) is 0. The van der Waals surface area contributed by atoms with Crippen molar-refractivity contribution in [1.29, 1.82) is 0 Å². The van der Waals surface area contributed by atoms with Gasteiger partial charge in [-0.05, 0) is 18.6 Å². The van der Waals surface area contributed by atoms with Crippen molar-refractivity contribution >= 4 is 23.7 Å². The lowest BCUT2D eigenvalue weighted by atomic mass is 10.0. The third-order valence-corrected chi connectivity index (χ3v) is 3.66. The van der Waals surface area contributed by atoms with Crippen LogP contribution in [0.3, 0.4) is 0 Å². The second-order valence-corrected chi connectivity index (χ2v) is 5.28. The first-order valence-electron chi connectivity index (χ1n) is 5.57. The number of carbonyl (C=O) groups excluding carboxylic acids is 2. The van der Waals surface area contributed by atoms with E-state index in [4.69, 9.17) is 9.47 Å². The van der Waals surface area contributed by atoms with Gasteiger partial charge in [0.15, 0.2) is 5.57 Å². The molecule has 1 atom stereocenters. The second kappa shape index (κ2) is 5.12. The van der Waals surface area contributed by atoms with Crippen molar-refractivity contribution in [3.63, 3.8) is 0 Å². The number of hydrogen-bond acceptors (Lipinski definition) is 5. The van der Waals surface area contributed by atoms with Gasteiger partial charge in [-0.3, -0.25) is 0 Å². The molecule has 1 fully saturated rings. The number of cyclic esters (lactones) is 2. The SMILES string of the molecule is CCC(C)C(SC)=C1C(=O)OC(C)(C)OC1=O. The molecule has 0 aromatic rings. The highest BCUT2D eigenvalue weighted by Gasteiger charge is 2.41. The standard InChI is InChI=1S/C12H18O4S/c1-6-7(2)9(17-5)8-10(13)15-12(3,4)16-11(8)14/h7H,6H2,1-5H3. The highest BCUT2D eigenvalue weighted by atomic mass is 32.2. The lowest BCUT2D eigenvalue weighted by Crippen LogP contribution is -2.42. The minimum absolute atomic E-state index is 0.0474. The van der Waals surface area contributed by atoms with Gasteiger partial charge in [-0.2, -0.15) is 0 Å². The predicted molar refractivity (Wildman–Crippen MR) is 66.3 cm³/mol. The Balaban J connectivity index is 3.16. The van der Waals surface area contributed by atoms with Crippen LogP contribution in [-0.4, -0.2) is 24.0 Å². The van der Waals surface area contributed by atoms with E-state index in [1.54, 1.807) is 13.8 Å². The molecule has 0 N–H and O–H groups in total. The maximum atomic E-state index is 11.8. The first-order chi connectivity index (χ1) is 7.82. The first kappa shape index (κ1) is 14.1. The van der Waals surface area contributed by atoms with Crippen molar-refractivity contribution in [1.82, 2.24) is 0 Å². The predicted octanol–water partition coefficient (Wildman–Crippen LogP) is 2.49. The molecule has 0 saturated carbocycles. The number of ether oxygens (including phenoxy) is 2. The first-order valence-corrected chi connectivity index (χ1v) is 6.79. The molecule has 0 radical (unpaired) electrons. The van der Waals surface area contributed by atoms with Crippen LogP contribution in [0.2, 0.25) is 0 Å². The Bertz CT molecular complexity index is 349. The van der Waals surface area contributed by atoms with E-state index in [2.05, 4.69) is 0 Å². The summed E-state index contributed by atoms with van der Waals surface area (Å²) in [5.41, 5.74) is 0.0474. The van der Waals surface area contributed by atoms with E-state index in [9.17, 15) is 9.59 Å². The number of hydrogen-bond donors (Lipinski definition) is 0. The Morgan fingerprint density at radius 3 is 2.12 bits per heavy atom. The maximum Gasteiger partial charge on any atom is 0.349 e. The van der Waals surface area contributed by atoms with Gasteiger partial charge in [-0.25, -0.2) is 9.59 Å². The van der Waals surface area contributed by atoms with Gasteiger partial charge in [0.25, 0.3) is 5.79 Å². The maximum absolute atomic E-state index is 11.8. The van der Waals surface area contributed by atoms with Gasteiger partial charge in [0.2, 0.25) is 0 Å². The van der Waals surface area contributed by atoms with Crippen LogP contribution < -0.4 is 0 Å². The Kier molecular flexibility index (Phi) is 4.25. The van der Waals surface area contributed by atoms with Crippen LogP contribution in [0.25, 0.3) is 0 Å². The summed E-state index contributed by atoms with van der Waals surface area (Å²) in [4.78, 5) is 24.4. The van der Waals surface area contributed by atoms with Gasteiger partial charge < -0.3 is 9.47 Å². The molecular weight excluding hydrogens is 240 g/mol. The average Bonchev–Trinajstić information content (AvgIpc) is 2.20. The molecule has 0 spiro atoms. The van der Waals surface area contributed by atoms with Gasteiger partial charge in [0.05, 0.1) is 0 Å². The van der Waals surface area contributed by atoms with E-state index in [1.807, 2.05) is 20.1 Å². The molecule has 4 nitrogen and oxygen atoms in total. The van der Waals surface area contributed by atoms with E-state index in [1.165, 1.54) is 11.8 Å². The van der Waals surface area contributed by atoms with E-state index >= 15 is 0 Å². The average molecular weight is 258 g/mol. The molecule has 5 heteroatoms. The van der Waals surface area contributed by atoms with Crippen molar-refractivity contribution in [2.75, 3.05) is 6.26 Å². The molecule has 1 saturated heterocycles. The van der Waals surface area contributed by atoms with Gasteiger partial charge in [0.1, 0.15) is 0 Å². The topological polar surface area (TPSA) is 52.6 Å². The van der Waals surface area contributed by atoms with Crippen LogP contribution in [0.1, 0.15) is 34.1 Å².